The Morgan fingerprint density at radius 1 is 0.775 bits per heavy atom. The number of esters is 1. The first-order valence-corrected chi connectivity index (χ1v) is 12.3. The first kappa shape index (κ1) is 25.8. The number of hydrogen-bond acceptors (Lipinski definition) is 6. The van der Waals surface area contributed by atoms with Crippen LogP contribution in [0.2, 0.25) is 0 Å². The molecular weight excluding hydrogens is 504 g/mol. The van der Waals surface area contributed by atoms with E-state index in [2.05, 4.69) is 10.6 Å². The predicted octanol–water partition coefficient (Wildman–Crippen LogP) is 5.82. The lowest BCUT2D eigenvalue weighted by atomic mass is 10.0. The highest BCUT2D eigenvalue weighted by Gasteiger charge is 2.19. The zero-order valence-corrected chi connectivity index (χ0v) is 21.1. The number of anilines is 2. The van der Waals surface area contributed by atoms with Gasteiger partial charge in [0.25, 0.3) is 11.8 Å². The molecule has 194 valence electrons. The first-order chi connectivity index (χ1) is 19.5. The van der Waals surface area contributed by atoms with Gasteiger partial charge in [-0.05, 0) is 42.5 Å². The largest absolute Gasteiger partial charge is 0.452 e. The molecule has 0 fully saturated rings. The van der Waals surface area contributed by atoms with Crippen LogP contribution in [0, 0.1) is 11.3 Å². The van der Waals surface area contributed by atoms with Gasteiger partial charge in [-0.25, -0.2) is 9.78 Å². The highest BCUT2D eigenvalue weighted by molar-refractivity contribution is 6.14. The van der Waals surface area contributed by atoms with E-state index in [9.17, 15) is 14.4 Å². The van der Waals surface area contributed by atoms with Crippen LogP contribution < -0.4 is 10.6 Å². The number of nitrogens with one attached hydrogen (secondary N) is 2. The topological polar surface area (TPSA) is 121 Å². The Kier molecular flexibility index (Phi) is 7.56. The van der Waals surface area contributed by atoms with Crippen molar-refractivity contribution in [2.45, 2.75) is 0 Å². The Balaban J connectivity index is 1.34. The van der Waals surface area contributed by atoms with E-state index in [-0.39, 0.29) is 11.3 Å². The van der Waals surface area contributed by atoms with Crippen molar-refractivity contribution < 1.29 is 19.1 Å². The van der Waals surface area contributed by atoms with Crippen LogP contribution in [-0.4, -0.2) is 29.4 Å². The van der Waals surface area contributed by atoms with Crippen LogP contribution in [0.15, 0.2) is 109 Å². The van der Waals surface area contributed by atoms with Crippen molar-refractivity contribution in [3.8, 4) is 17.3 Å². The number of aromatic nitrogens is 1. The van der Waals surface area contributed by atoms with Crippen LogP contribution in [-0.2, 0) is 9.53 Å². The highest BCUT2D eigenvalue weighted by Crippen LogP contribution is 2.26. The second-order valence-electron chi connectivity index (χ2n) is 8.75. The molecule has 8 nitrogen and oxygen atoms in total. The molecule has 1 heterocycles. The summed E-state index contributed by atoms with van der Waals surface area (Å²) in [5.41, 5.74) is 3.69. The Morgan fingerprint density at radius 3 is 2.35 bits per heavy atom. The summed E-state index contributed by atoms with van der Waals surface area (Å²) in [7, 11) is 0. The summed E-state index contributed by atoms with van der Waals surface area (Å²) in [5.74, 6) is -1.77. The van der Waals surface area contributed by atoms with E-state index in [1.54, 1.807) is 42.5 Å². The zero-order valence-electron chi connectivity index (χ0n) is 21.1. The van der Waals surface area contributed by atoms with Crippen molar-refractivity contribution in [2.75, 3.05) is 17.2 Å². The molecule has 0 saturated carbocycles. The van der Waals surface area contributed by atoms with Crippen molar-refractivity contribution in [3.63, 3.8) is 0 Å². The summed E-state index contributed by atoms with van der Waals surface area (Å²) in [5, 5.41) is 15.1. The molecule has 2 amide bonds. The smallest absolute Gasteiger partial charge is 0.340 e. The number of amides is 2. The molecule has 5 rings (SSSR count). The number of nitrogens with zero attached hydrogens (tertiary/aromatic N) is 2. The second kappa shape index (κ2) is 11.7. The number of hydrogen-bond donors (Lipinski definition) is 2. The summed E-state index contributed by atoms with van der Waals surface area (Å²) in [6.45, 7) is -0.548. The number of para-hydroxylation sites is 2. The van der Waals surface area contributed by atoms with Gasteiger partial charge in [0.2, 0.25) is 0 Å². The number of rotatable bonds is 7. The zero-order chi connectivity index (χ0) is 27.9. The molecule has 0 spiro atoms. The van der Waals surface area contributed by atoms with Gasteiger partial charge in [-0.3, -0.25) is 9.59 Å². The summed E-state index contributed by atoms with van der Waals surface area (Å²) < 4.78 is 5.22. The summed E-state index contributed by atoms with van der Waals surface area (Å²) in [4.78, 5) is 43.5. The van der Waals surface area contributed by atoms with Gasteiger partial charge >= 0.3 is 5.97 Å². The van der Waals surface area contributed by atoms with Gasteiger partial charge in [-0.2, -0.15) is 5.26 Å². The van der Waals surface area contributed by atoms with E-state index in [4.69, 9.17) is 15.0 Å². The van der Waals surface area contributed by atoms with E-state index in [1.165, 1.54) is 12.1 Å². The number of fused-ring (bicyclic) bond motifs is 1. The maximum atomic E-state index is 13.5. The highest BCUT2D eigenvalue weighted by atomic mass is 16.5. The third-order valence-electron chi connectivity index (χ3n) is 6.04. The molecule has 2 N–H and O–H groups in total. The van der Waals surface area contributed by atoms with Gasteiger partial charge in [0.15, 0.2) is 6.61 Å². The maximum absolute atomic E-state index is 13.5. The molecule has 1 aromatic heterocycles. The molecular formula is C32H22N4O4. The Hall–Kier alpha value is -5.81. The summed E-state index contributed by atoms with van der Waals surface area (Å²) in [6, 6.07) is 33.4. The maximum Gasteiger partial charge on any atom is 0.340 e. The minimum absolute atomic E-state index is 0.0942. The van der Waals surface area contributed by atoms with Crippen molar-refractivity contribution in [1.29, 1.82) is 5.26 Å². The summed E-state index contributed by atoms with van der Waals surface area (Å²) in [6.07, 6.45) is 0. The van der Waals surface area contributed by atoms with Crippen LogP contribution in [0.25, 0.3) is 22.2 Å². The van der Waals surface area contributed by atoms with Gasteiger partial charge in [0.1, 0.15) is 0 Å². The van der Waals surface area contributed by atoms with Gasteiger partial charge < -0.3 is 15.4 Å². The third-order valence-corrected chi connectivity index (χ3v) is 6.04. The molecule has 0 aliphatic heterocycles. The fourth-order valence-corrected chi connectivity index (χ4v) is 4.15. The summed E-state index contributed by atoms with van der Waals surface area (Å²) >= 11 is 0. The van der Waals surface area contributed by atoms with Crippen LogP contribution in [0.5, 0.6) is 0 Å². The number of ether oxygens (including phenoxy) is 1. The third kappa shape index (κ3) is 5.85. The predicted molar refractivity (Wildman–Crippen MR) is 152 cm³/mol. The lowest BCUT2D eigenvalue weighted by Gasteiger charge is -2.13. The van der Waals surface area contributed by atoms with Crippen LogP contribution >= 0.6 is 0 Å². The quantitative estimate of drug-likeness (QED) is 0.258. The molecule has 5 aromatic rings. The van der Waals surface area contributed by atoms with Crippen LogP contribution in [0.1, 0.15) is 26.3 Å². The lowest BCUT2D eigenvalue weighted by molar-refractivity contribution is -0.119. The molecule has 0 aliphatic carbocycles. The standard InChI is InChI=1S/C32H22N4O4/c33-19-21-9-8-12-23(17-21)34-30(37)20-40-32(39)25-14-5-7-16-28(25)36-31(38)26-18-29(22-10-2-1-3-11-22)35-27-15-6-4-13-24(26)27/h1-18H,20H2,(H,34,37)(H,36,38). The molecule has 8 heteroatoms. The number of carbonyl (C=O) groups is 3. The number of pyridine rings is 1. The average Bonchev–Trinajstić information content (AvgIpc) is 3.00. The number of benzene rings is 4. The van der Waals surface area contributed by atoms with Gasteiger partial charge in [-0.15, -0.1) is 0 Å². The Bertz CT molecular complexity index is 1780. The minimum atomic E-state index is -0.776. The molecule has 0 aliphatic rings. The van der Waals surface area contributed by atoms with Crippen molar-refractivity contribution in [3.05, 3.63) is 126 Å². The molecule has 4 aromatic carbocycles. The first-order valence-electron chi connectivity index (χ1n) is 12.3. The van der Waals surface area contributed by atoms with Crippen LogP contribution in [0.3, 0.4) is 0 Å². The number of nitriles is 1. The fourth-order valence-electron chi connectivity index (χ4n) is 4.15. The Morgan fingerprint density at radius 2 is 1.52 bits per heavy atom. The minimum Gasteiger partial charge on any atom is -0.452 e. The van der Waals surface area contributed by atoms with Gasteiger partial charge in [0.05, 0.1) is 39.7 Å². The second-order valence-corrected chi connectivity index (χ2v) is 8.75. The SMILES string of the molecule is N#Cc1cccc(NC(=O)COC(=O)c2ccccc2NC(=O)c2cc(-c3ccccc3)nc3ccccc23)c1. The monoisotopic (exact) mass is 526 g/mol. The molecule has 0 saturated heterocycles. The Labute approximate surface area is 229 Å². The molecule has 40 heavy (non-hydrogen) atoms. The molecule has 0 radical (unpaired) electrons. The van der Waals surface area contributed by atoms with E-state index in [0.29, 0.717) is 33.4 Å². The van der Waals surface area contributed by atoms with Crippen LogP contribution in [0.4, 0.5) is 11.4 Å². The van der Waals surface area contributed by atoms with E-state index in [0.717, 1.165) is 5.56 Å². The lowest BCUT2D eigenvalue weighted by Crippen LogP contribution is -2.22. The molecule has 0 atom stereocenters. The van der Waals surface area contributed by atoms with Gasteiger partial charge in [-0.1, -0.05) is 66.7 Å². The molecule has 0 bridgehead atoms. The van der Waals surface area contributed by atoms with E-state index < -0.39 is 24.4 Å². The van der Waals surface area contributed by atoms with Crippen molar-refractivity contribution in [2.24, 2.45) is 0 Å². The van der Waals surface area contributed by atoms with E-state index >= 15 is 0 Å². The van der Waals surface area contributed by atoms with Crippen molar-refractivity contribution >= 4 is 40.1 Å². The number of carbonyl (C=O) groups excluding carboxylic acids is 3. The average molecular weight is 527 g/mol. The normalized spacial score (nSPS) is 10.4. The fraction of sp³-hybridized carbons (Fsp3) is 0.0312. The van der Waals surface area contributed by atoms with Crippen molar-refractivity contribution in [1.82, 2.24) is 4.98 Å². The van der Waals surface area contributed by atoms with E-state index in [1.807, 2.05) is 60.7 Å². The van der Waals surface area contributed by atoms with Gasteiger partial charge in [0, 0.05) is 16.6 Å². The molecule has 0 unspecified atom stereocenters.